The van der Waals surface area contributed by atoms with Gasteiger partial charge in [0, 0.05) is 21.3 Å². The van der Waals surface area contributed by atoms with Gasteiger partial charge in [-0.2, -0.15) is 10.2 Å². The van der Waals surface area contributed by atoms with E-state index < -0.39 is 8.97 Å². The molecule has 0 N–H and O–H groups in total. The average molecular weight is 371 g/mol. The van der Waals surface area contributed by atoms with Gasteiger partial charge in [-0.25, -0.2) is 0 Å². The van der Waals surface area contributed by atoms with Crippen LogP contribution in [0.25, 0.3) is 11.0 Å². The van der Waals surface area contributed by atoms with Gasteiger partial charge in [-0.05, 0) is 12.1 Å². The molecule has 0 fully saturated rings. The number of nitrogens with zero attached hydrogens (tertiary/aromatic N) is 3. The predicted octanol–water partition coefficient (Wildman–Crippen LogP) is 0.704. The van der Waals surface area contributed by atoms with Crippen molar-refractivity contribution in [3.63, 3.8) is 0 Å². The first kappa shape index (κ1) is 19.9. The molecular weight excluding hydrogens is 346 g/mol. The molecule has 9 nitrogen and oxygen atoms in total. The van der Waals surface area contributed by atoms with Gasteiger partial charge in [-0.3, -0.25) is 0 Å². The molecule has 0 saturated heterocycles. The molecular formula is C15H25N3O6Si. The van der Waals surface area contributed by atoms with Gasteiger partial charge in [0.1, 0.15) is 11.0 Å². The van der Waals surface area contributed by atoms with E-state index in [4.69, 9.17) is 27.5 Å². The van der Waals surface area contributed by atoms with Crippen molar-refractivity contribution in [1.29, 1.82) is 0 Å². The summed E-state index contributed by atoms with van der Waals surface area (Å²) in [5.41, 5.74) is 1.47. The Hall–Kier alpha value is -1.40. The third-order valence-corrected chi connectivity index (χ3v) is 5.64. The van der Waals surface area contributed by atoms with Crippen molar-refractivity contribution in [3.8, 4) is 0 Å². The highest BCUT2D eigenvalue weighted by Crippen LogP contribution is 2.16. The summed E-state index contributed by atoms with van der Waals surface area (Å²) in [7, 11) is 1.39. The third kappa shape index (κ3) is 5.54. The summed E-state index contributed by atoms with van der Waals surface area (Å²) in [5, 5.41) is 8.98. The molecule has 2 rings (SSSR count). The Balaban J connectivity index is 2.29. The summed E-state index contributed by atoms with van der Waals surface area (Å²) < 4.78 is 34.6. The predicted molar refractivity (Wildman–Crippen MR) is 92.2 cm³/mol. The Morgan fingerprint density at radius 1 is 0.720 bits per heavy atom. The van der Waals surface area contributed by atoms with Crippen molar-refractivity contribution in [3.05, 3.63) is 24.3 Å². The lowest BCUT2D eigenvalue weighted by Gasteiger charge is -2.27. The fourth-order valence-corrected chi connectivity index (χ4v) is 4.12. The van der Waals surface area contributed by atoms with Gasteiger partial charge in [-0.1, -0.05) is 12.1 Å². The molecule has 25 heavy (non-hydrogen) atoms. The van der Waals surface area contributed by atoms with E-state index in [0.29, 0.717) is 39.6 Å². The van der Waals surface area contributed by atoms with Gasteiger partial charge < -0.3 is 27.5 Å². The van der Waals surface area contributed by atoms with Gasteiger partial charge >= 0.3 is 8.97 Å². The topological polar surface area (TPSA) is 86.1 Å². The number of methoxy groups -OCH3 is 3. The number of hydrogen-bond acceptors (Lipinski definition) is 8. The molecule has 0 spiro atoms. The van der Waals surface area contributed by atoms with Crippen LogP contribution in [0, 0.1) is 0 Å². The molecule has 0 amide bonds. The summed E-state index contributed by atoms with van der Waals surface area (Å²) in [6, 6.07) is 7.54. The Morgan fingerprint density at radius 3 is 1.48 bits per heavy atom. The zero-order chi connectivity index (χ0) is 18.0. The van der Waals surface area contributed by atoms with Crippen molar-refractivity contribution >= 4 is 20.0 Å². The van der Waals surface area contributed by atoms with Crippen molar-refractivity contribution in [2.45, 2.75) is 0 Å². The molecule has 2 aromatic rings. The Bertz CT molecular complexity index is 567. The van der Waals surface area contributed by atoms with Crippen LogP contribution in [0.2, 0.25) is 0 Å². The maximum atomic E-state index is 5.98. The lowest BCUT2D eigenvalue weighted by atomic mass is 10.3. The normalized spacial score (nSPS) is 12.1. The molecule has 0 saturated carbocycles. The van der Waals surface area contributed by atoms with Gasteiger partial charge in [0.25, 0.3) is 0 Å². The van der Waals surface area contributed by atoms with Crippen LogP contribution >= 0.6 is 0 Å². The van der Waals surface area contributed by atoms with Crippen LogP contribution in [-0.4, -0.2) is 84.6 Å². The van der Waals surface area contributed by atoms with Crippen molar-refractivity contribution in [2.75, 3.05) is 61.0 Å². The second-order valence-corrected chi connectivity index (χ2v) is 7.34. The second kappa shape index (κ2) is 10.6. The minimum absolute atomic E-state index is 0.292. The lowest BCUT2D eigenvalue weighted by molar-refractivity contribution is 0.00294. The molecule has 0 aliphatic rings. The van der Waals surface area contributed by atoms with Gasteiger partial charge in [-0.15, -0.1) is 4.46 Å². The number of ether oxygens (including phenoxy) is 3. The number of benzene rings is 1. The van der Waals surface area contributed by atoms with E-state index in [1.54, 1.807) is 21.3 Å². The molecule has 10 heteroatoms. The minimum atomic E-state index is -3.41. The summed E-state index contributed by atoms with van der Waals surface area (Å²) in [6.45, 7) is 2.08. The molecule has 1 aromatic heterocycles. The highest BCUT2D eigenvalue weighted by molar-refractivity contribution is 6.58. The number of aromatic nitrogens is 3. The van der Waals surface area contributed by atoms with Crippen LogP contribution in [0.3, 0.4) is 0 Å². The van der Waals surface area contributed by atoms with E-state index in [9.17, 15) is 0 Å². The number of fused-ring (bicyclic) bond motifs is 1. The van der Waals surface area contributed by atoms with E-state index in [0.717, 1.165) is 11.0 Å². The summed E-state index contributed by atoms with van der Waals surface area (Å²) >= 11 is 0. The molecule has 0 aliphatic heterocycles. The summed E-state index contributed by atoms with van der Waals surface area (Å²) in [4.78, 5) is 0. The van der Waals surface area contributed by atoms with Gasteiger partial charge in [0.05, 0.1) is 39.6 Å². The maximum absolute atomic E-state index is 5.98. The zero-order valence-corrected chi connectivity index (χ0v) is 15.8. The Morgan fingerprint density at radius 2 is 1.12 bits per heavy atom. The van der Waals surface area contributed by atoms with Crippen LogP contribution in [0.5, 0.6) is 0 Å². The van der Waals surface area contributed by atoms with E-state index in [1.165, 1.54) is 4.46 Å². The van der Waals surface area contributed by atoms with Crippen LogP contribution in [0.15, 0.2) is 24.3 Å². The monoisotopic (exact) mass is 371 g/mol. The smallest absolute Gasteiger partial charge is 0.382 e. The summed E-state index contributed by atoms with van der Waals surface area (Å²) in [5.74, 6) is 0. The molecule has 0 aliphatic carbocycles. The fraction of sp³-hybridized carbons (Fsp3) is 0.600. The van der Waals surface area contributed by atoms with Gasteiger partial charge in [0.2, 0.25) is 0 Å². The first-order chi connectivity index (χ1) is 12.3. The first-order valence-corrected chi connectivity index (χ1v) is 9.64. The average Bonchev–Trinajstić information content (AvgIpc) is 3.06. The molecule has 1 heterocycles. The fourth-order valence-electron chi connectivity index (χ4n) is 2.04. The first-order valence-electron chi connectivity index (χ1n) is 7.97. The Labute approximate surface area is 148 Å². The quantitative estimate of drug-likeness (QED) is 0.376. The van der Waals surface area contributed by atoms with Crippen LogP contribution in [0.1, 0.15) is 0 Å². The summed E-state index contributed by atoms with van der Waals surface area (Å²) in [6.07, 6.45) is 0. The molecule has 1 aromatic carbocycles. The minimum Gasteiger partial charge on any atom is -0.382 e. The maximum Gasteiger partial charge on any atom is 0.672 e. The van der Waals surface area contributed by atoms with E-state index in [1.807, 2.05) is 24.3 Å². The van der Waals surface area contributed by atoms with Crippen molar-refractivity contribution < 1.29 is 27.5 Å². The van der Waals surface area contributed by atoms with Crippen LogP contribution in [0.4, 0.5) is 0 Å². The standard InChI is InChI=1S/C15H25N3O6Si/c1-19-8-11-22-25(23-12-9-20-2,24-13-10-21-3)18-16-14-6-4-5-7-15(14)17-18/h4-7H,8-13H2,1-3H3. The van der Waals surface area contributed by atoms with E-state index in [-0.39, 0.29) is 0 Å². The molecule has 0 atom stereocenters. The largest absolute Gasteiger partial charge is 0.672 e. The second-order valence-electron chi connectivity index (χ2n) is 5.03. The van der Waals surface area contributed by atoms with E-state index in [2.05, 4.69) is 10.2 Å². The van der Waals surface area contributed by atoms with Gasteiger partial charge in [0.15, 0.2) is 0 Å². The van der Waals surface area contributed by atoms with E-state index >= 15 is 0 Å². The molecule has 140 valence electrons. The molecule has 0 unspecified atom stereocenters. The molecule has 0 radical (unpaired) electrons. The Kier molecular flexibility index (Phi) is 8.41. The third-order valence-electron chi connectivity index (χ3n) is 3.25. The van der Waals surface area contributed by atoms with Crippen molar-refractivity contribution in [1.82, 2.24) is 14.7 Å². The molecule has 0 bridgehead atoms. The zero-order valence-electron chi connectivity index (χ0n) is 14.8. The number of rotatable bonds is 13. The SMILES string of the molecule is COCCO[Si](OCCOC)(OCCOC)n1nc2ccccc2n1. The highest BCUT2D eigenvalue weighted by atomic mass is 28.4. The van der Waals surface area contributed by atoms with Crippen molar-refractivity contribution in [2.24, 2.45) is 0 Å². The highest BCUT2D eigenvalue weighted by Gasteiger charge is 2.49. The lowest BCUT2D eigenvalue weighted by Crippen LogP contribution is -2.56. The van der Waals surface area contributed by atoms with Crippen LogP contribution < -0.4 is 0 Å². The number of hydrogen-bond donors (Lipinski definition) is 0. The van der Waals surface area contributed by atoms with Crippen LogP contribution in [-0.2, 0) is 27.5 Å².